The summed E-state index contributed by atoms with van der Waals surface area (Å²) in [6.45, 7) is 1.44. The molecule has 0 spiro atoms. The molecule has 0 aliphatic rings. The number of nitrogens with one attached hydrogen (secondary N) is 1. The molecule has 0 atom stereocenters. The molecular formula is C12H18N2O2. The number of benzene rings is 1. The van der Waals surface area contributed by atoms with Crippen LogP contribution in [-0.4, -0.2) is 19.6 Å². The van der Waals surface area contributed by atoms with Gasteiger partial charge in [-0.1, -0.05) is 0 Å². The Kier molecular flexibility index (Phi) is 5.84. The summed E-state index contributed by atoms with van der Waals surface area (Å²) in [6, 6.07) is 7.37. The molecule has 1 rings (SSSR count). The molecule has 0 aliphatic carbocycles. The molecule has 1 amide bonds. The Morgan fingerprint density at radius 3 is 2.62 bits per heavy atom. The van der Waals surface area contributed by atoms with Crippen molar-refractivity contribution in [2.24, 2.45) is 0 Å². The summed E-state index contributed by atoms with van der Waals surface area (Å²) >= 11 is 0. The predicted molar refractivity (Wildman–Crippen MR) is 64.3 cm³/mol. The first-order valence-electron chi connectivity index (χ1n) is 5.48. The Morgan fingerprint density at radius 1 is 1.19 bits per heavy atom. The van der Waals surface area contributed by atoms with Crippen molar-refractivity contribution in [3.8, 4) is 5.75 Å². The van der Waals surface area contributed by atoms with Gasteiger partial charge in [0.2, 0.25) is 6.41 Å². The van der Waals surface area contributed by atoms with Crippen LogP contribution in [0.25, 0.3) is 0 Å². The number of rotatable bonds is 8. The molecule has 0 saturated heterocycles. The fourth-order valence-corrected chi connectivity index (χ4v) is 1.32. The average molecular weight is 222 g/mol. The Balaban J connectivity index is 2.02. The first-order valence-corrected chi connectivity index (χ1v) is 5.48. The van der Waals surface area contributed by atoms with Gasteiger partial charge in [-0.3, -0.25) is 4.79 Å². The third kappa shape index (κ3) is 5.24. The van der Waals surface area contributed by atoms with Crippen molar-refractivity contribution in [2.45, 2.75) is 19.3 Å². The number of hydrogen-bond acceptors (Lipinski definition) is 3. The van der Waals surface area contributed by atoms with Gasteiger partial charge in [-0.2, -0.15) is 0 Å². The lowest BCUT2D eigenvalue weighted by Gasteiger charge is -2.06. The van der Waals surface area contributed by atoms with Gasteiger partial charge in [0.25, 0.3) is 0 Å². The number of carbonyl (C=O) groups excluding carboxylic acids is 1. The summed E-state index contributed by atoms with van der Waals surface area (Å²) in [5.74, 6) is 0.847. The van der Waals surface area contributed by atoms with Crippen LogP contribution in [0.2, 0.25) is 0 Å². The van der Waals surface area contributed by atoms with Gasteiger partial charge >= 0.3 is 0 Å². The zero-order valence-electron chi connectivity index (χ0n) is 9.32. The van der Waals surface area contributed by atoms with Crippen molar-refractivity contribution in [2.75, 3.05) is 18.9 Å². The zero-order chi connectivity index (χ0) is 11.6. The zero-order valence-corrected chi connectivity index (χ0v) is 9.32. The lowest BCUT2D eigenvalue weighted by atomic mass is 10.2. The molecule has 88 valence electrons. The fourth-order valence-electron chi connectivity index (χ4n) is 1.32. The minimum Gasteiger partial charge on any atom is -0.494 e. The maximum absolute atomic E-state index is 9.96. The van der Waals surface area contributed by atoms with E-state index in [-0.39, 0.29) is 0 Å². The molecule has 0 fully saturated rings. The number of nitrogen functional groups attached to an aromatic ring is 1. The topological polar surface area (TPSA) is 64.3 Å². The summed E-state index contributed by atoms with van der Waals surface area (Å²) < 4.78 is 5.52. The molecule has 16 heavy (non-hydrogen) atoms. The number of amides is 1. The number of unbranched alkanes of at least 4 members (excludes halogenated alkanes) is 2. The first kappa shape index (κ1) is 12.4. The Labute approximate surface area is 95.8 Å². The number of anilines is 1. The number of hydrogen-bond donors (Lipinski definition) is 2. The maximum Gasteiger partial charge on any atom is 0.207 e. The van der Waals surface area contributed by atoms with Crippen molar-refractivity contribution in [1.82, 2.24) is 5.32 Å². The van der Waals surface area contributed by atoms with Gasteiger partial charge in [0, 0.05) is 12.2 Å². The maximum atomic E-state index is 9.96. The molecular weight excluding hydrogens is 204 g/mol. The number of carbonyl (C=O) groups is 1. The van der Waals surface area contributed by atoms with Crippen LogP contribution in [0.3, 0.4) is 0 Å². The van der Waals surface area contributed by atoms with Gasteiger partial charge in [-0.25, -0.2) is 0 Å². The van der Waals surface area contributed by atoms with E-state index in [0.717, 1.165) is 43.7 Å². The standard InChI is InChI=1S/C12H18N2O2/c13-11-4-6-12(7-5-11)16-9-3-1-2-8-14-10-15/h4-7,10H,1-3,8-9,13H2,(H,14,15). The molecule has 0 radical (unpaired) electrons. The quantitative estimate of drug-likeness (QED) is 0.398. The largest absolute Gasteiger partial charge is 0.494 e. The molecule has 0 aliphatic heterocycles. The normalized spacial score (nSPS) is 9.75. The van der Waals surface area contributed by atoms with E-state index in [1.54, 1.807) is 0 Å². The van der Waals surface area contributed by atoms with Crippen LogP contribution in [0.5, 0.6) is 5.75 Å². The highest BCUT2D eigenvalue weighted by molar-refractivity contribution is 5.45. The number of nitrogens with two attached hydrogens (primary N) is 1. The van der Waals surface area contributed by atoms with E-state index < -0.39 is 0 Å². The molecule has 0 unspecified atom stereocenters. The Hall–Kier alpha value is -1.71. The molecule has 4 nitrogen and oxygen atoms in total. The van der Waals surface area contributed by atoms with E-state index >= 15 is 0 Å². The van der Waals surface area contributed by atoms with E-state index in [1.165, 1.54) is 0 Å². The van der Waals surface area contributed by atoms with Gasteiger partial charge in [-0.05, 0) is 43.5 Å². The first-order chi connectivity index (χ1) is 7.83. The Bertz CT molecular complexity index is 298. The summed E-state index contributed by atoms with van der Waals surface area (Å²) in [7, 11) is 0. The monoisotopic (exact) mass is 222 g/mol. The third-order valence-electron chi connectivity index (χ3n) is 2.20. The van der Waals surface area contributed by atoms with Crippen LogP contribution >= 0.6 is 0 Å². The molecule has 3 N–H and O–H groups in total. The molecule has 0 saturated carbocycles. The smallest absolute Gasteiger partial charge is 0.207 e. The van der Waals surface area contributed by atoms with Crippen molar-refractivity contribution >= 4 is 12.1 Å². The second-order valence-corrected chi connectivity index (χ2v) is 3.55. The summed E-state index contributed by atoms with van der Waals surface area (Å²) in [4.78, 5) is 9.96. The molecule has 0 aromatic heterocycles. The van der Waals surface area contributed by atoms with Crippen LogP contribution in [0, 0.1) is 0 Å². The molecule has 0 heterocycles. The molecule has 0 bridgehead atoms. The number of ether oxygens (including phenoxy) is 1. The van der Waals surface area contributed by atoms with E-state index in [9.17, 15) is 4.79 Å². The molecule has 4 heteroatoms. The summed E-state index contributed by atoms with van der Waals surface area (Å²) in [5, 5.41) is 2.63. The van der Waals surface area contributed by atoms with Crippen LogP contribution in [0.1, 0.15) is 19.3 Å². The van der Waals surface area contributed by atoms with E-state index in [0.29, 0.717) is 6.61 Å². The minimum absolute atomic E-state index is 0.699. The highest BCUT2D eigenvalue weighted by Gasteiger charge is 1.93. The van der Waals surface area contributed by atoms with Crippen LogP contribution in [-0.2, 0) is 4.79 Å². The Morgan fingerprint density at radius 2 is 1.94 bits per heavy atom. The molecule has 1 aromatic rings. The van der Waals surface area contributed by atoms with E-state index in [2.05, 4.69) is 5.32 Å². The van der Waals surface area contributed by atoms with Crippen molar-refractivity contribution in [3.05, 3.63) is 24.3 Å². The van der Waals surface area contributed by atoms with Gasteiger partial charge in [-0.15, -0.1) is 0 Å². The second kappa shape index (κ2) is 7.56. The fraction of sp³-hybridized carbons (Fsp3) is 0.417. The van der Waals surface area contributed by atoms with Crippen molar-refractivity contribution < 1.29 is 9.53 Å². The van der Waals surface area contributed by atoms with Gasteiger partial charge in [0.05, 0.1) is 6.61 Å². The minimum atomic E-state index is 0.699. The van der Waals surface area contributed by atoms with Crippen LogP contribution < -0.4 is 15.8 Å². The summed E-state index contributed by atoms with van der Waals surface area (Å²) in [6.07, 6.45) is 3.76. The SMILES string of the molecule is Nc1ccc(OCCCCCNC=O)cc1. The predicted octanol–water partition coefficient (Wildman–Crippen LogP) is 1.56. The lowest BCUT2D eigenvalue weighted by Crippen LogP contribution is -2.12. The highest BCUT2D eigenvalue weighted by Crippen LogP contribution is 2.13. The second-order valence-electron chi connectivity index (χ2n) is 3.55. The van der Waals surface area contributed by atoms with Gasteiger partial charge in [0.15, 0.2) is 0 Å². The van der Waals surface area contributed by atoms with Crippen LogP contribution in [0.4, 0.5) is 5.69 Å². The third-order valence-corrected chi connectivity index (χ3v) is 2.20. The lowest BCUT2D eigenvalue weighted by molar-refractivity contribution is -0.109. The average Bonchev–Trinajstić information content (AvgIpc) is 2.30. The van der Waals surface area contributed by atoms with Crippen molar-refractivity contribution in [1.29, 1.82) is 0 Å². The summed E-state index contributed by atoms with van der Waals surface area (Å²) in [5.41, 5.74) is 6.30. The van der Waals surface area contributed by atoms with Gasteiger partial charge < -0.3 is 15.8 Å². The van der Waals surface area contributed by atoms with Gasteiger partial charge in [0.1, 0.15) is 5.75 Å². The van der Waals surface area contributed by atoms with Crippen LogP contribution in [0.15, 0.2) is 24.3 Å². The van der Waals surface area contributed by atoms with Crippen molar-refractivity contribution in [3.63, 3.8) is 0 Å². The van der Waals surface area contributed by atoms with E-state index in [1.807, 2.05) is 24.3 Å². The van der Waals surface area contributed by atoms with E-state index in [4.69, 9.17) is 10.5 Å². The molecule has 1 aromatic carbocycles. The highest BCUT2D eigenvalue weighted by atomic mass is 16.5.